The van der Waals surface area contributed by atoms with Crippen LogP contribution in [0.4, 0.5) is 21.7 Å². The summed E-state index contributed by atoms with van der Waals surface area (Å²) in [6, 6.07) is 8.05. The molecule has 27 heavy (non-hydrogen) atoms. The molecule has 0 aliphatic heterocycles. The van der Waals surface area contributed by atoms with Crippen molar-refractivity contribution in [3.05, 3.63) is 41.7 Å². The highest BCUT2D eigenvalue weighted by Gasteiger charge is 2.24. The molecule has 0 saturated heterocycles. The SMILES string of the molecule is COc1cccc(Nc2nc(N[C@@H]3CCCC[C@@H]3N)c(F)cc2C(N)=O)c1. The molecular weight excluding hydrogens is 349 g/mol. The van der Waals surface area contributed by atoms with Gasteiger partial charge in [0, 0.05) is 23.8 Å². The van der Waals surface area contributed by atoms with Crippen molar-refractivity contribution in [2.75, 3.05) is 17.7 Å². The molecular formula is C19H24FN5O2. The summed E-state index contributed by atoms with van der Waals surface area (Å²) in [7, 11) is 1.56. The fourth-order valence-corrected chi connectivity index (χ4v) is 3.23. The maximum Gasteiger partial charge on any atom is 0.252 e. The Morgan fingerprint density at radius 2 is 2.04 bits per heavy atom. The van der Waals surface area contributed by atoms with E-state index in [1.54, 1.807) is 31.4 Å². The second-order valence-electron chi connectivity index (χ2n) is 6.64. The summed E-state index contributed by atoms with van der Waals surface area (Å²) < 4.78 is 19.7. The summed E-state index contributed by atoms with van der Waals surface area (Å²) in [5.74, 6) is -0.559. The fraction of sp³-hybridized carbons (Fsp3) is 0.368. The molecule has 8 heteroatoms. The van der Waals surface area contributed by atoms with E-state index in [0.29, 0.717) is 11.4 Å². The molecule has 144 valence electrons. The number of anilines is 3. The zero-order valence-electron chi connectivity index (χ0n) is 15.2. The molecule has 2 aromatic rings. The molecule has 7 nitrogen and oxygen atoms in total. The van der Waals surface area contributed by atoms with Crippen molar-refractivity contribution in [1.82, 2.24) is 4.98 Å². The van der Waals surface area contributed by atoms with E-state index in [1.807, 2.05) is 0 Å². The molecule has 1 aliphatic rings. The van der Waals surface area contributed by atoms with Gasteiger partial charge in [0.2, 0.25) is 0 Å². The van der Waals surface area contributed by atoms with Crippen LogP contribution in [0, 0.1) is 5.82 Å². The number of nitrogens with one attached hydrogen (secondary N) is 2. The van der Waals surface area contributed by atoms with Crippen molar-refractivity contribution in [3.63, 3.8) is 0 Å². The smallest absolute Gasteiger partial charge is 0.252 e. The van der Waals surface area contributed by atoms with Gasteiger partial charge in [-0.15, -0.1) is 0 Å². The zero-order valence-corrected chi connectivity index (χ0v) is 15.2. The van der Waals surface area contributed by atoms with Crippen LogP contribution in [-0.2, 0) is 0 Å². The second kappa shape index (κ2) is 8.22. The maximum atomic E-state index is 14.5. The molecule has 0 spiro atoms. The van der Waals surface area contributed by atoms with Crippen LogP contribution < -0.4 is 26.8 Å². The van der Waals surface area contributed by atoms with Crippen LogP contribution in [0.5, 0.6) is 5.75 Å². The van der Waals surface area contributed by atoms with Gasteiger partial charge in [0.15, 0.2) is 11.6 Å². The Labute approximate surface area is 157 Å². The van der Waals surface area contributed by atoms with Gasteiger partial charge in [-0.1, -0.05) is 18.9 Å². The van der Waals surface area contributed by atoms with E-state index in [0.717, 1.165) is 31.7 Å². The van der Waals surface area contributed by atoms with Gasteiger partial charge in [0.1, 0.15) is 11.6 Å². The first-order chi connectivity index (χ1) is 13.0. The number of amides is 1. The number of hydrogen-bond donors (Lipinski definition) is 4. The van der Waals surface area contributed by atoms with Crippen molar-refractivity contribution in [1.29, 1.82) is 0 Å². The number of pyridine rings is 1. The molecule has 3 rings (SSSR count). The summed E-state index contributed by atoms with van der Waals surface area (Å²) >= 11 is 0. The zero-order chi connectivity index (χ0) is 19.4. The second-order valence-corrected chi connectivity index (χ2v) is 6.64. The Bertz CT molecular complexity index is 830. The average molecular weight is 373 g/mol. The number of aromatic nitrogens is 1. The van der Waals surface area contributed by atoms with E-state index < -0.39 is 11.7 Å². The highest BCUT2D eigenvalue weighted by atomic mass is 19.1. The predicted molar refractivity (Wildman–Crippen MR) is 103 cm³/mol. The van der Waals surface area contributed by atoms with Gasteiger partial charge in [0.05, 0.1) is 12.7 Å². The van der Waals surface area contributed by atoms with Crippen LogP contribution in [0.25, 0.3) is 0 Å². The lowest BCUT2D eigenvalue weighted by Gasteiger charge is -2.30. The quantitative estimate of drug-likeness (QED) is 0.619. The van der Waals surface area contributed by atoms with Crippen LogP contribution in [0.2, 0.25) is 0 Å². The lowest BCUT2D eigenvalue weighted by Crippen LogP contribution is -2.43. The number of primary amides is 1. The van der Waals surface area contributed by atoms with Gasteiger partial charge in [-0.25, -0.2) is 9.37 Å². The number of rotatable bonds is 6. The van der Waals surface area contributed by atoms with Gasteiger partial charge < -0.3 is 26.8 Å². The topological polar surface area (TPSA) is 115 Å². The number of halogens is 1. The molecule has 0 unspecified atom stereocenters. The highest BCUT2D eigenvalue weighted by Crippen LogP contribution is 2.27. The first-order valence-electron chi connectivity index (χ1n) is 8.91. The normalized spacial score (nSPS) is 19.4. The minimum atomic E-state index is -0.771. The molecule has 1 fully saturated rings. The number of carbonyl (C=O) groups excluding carboxylic acids is 1. The van der Waals surface area contributed by atoms with Crippen LogP contribution in [-0.4, -0.2) is 30.1 Å². The first kappa shape index (κ1) is 18.9. The average Bonchev–Trinajstić information content (AvgIpc) is 2.66. The van der Waals surface area contributed by atoms with Crippen LogP contribution in [0.3, 0.4) is 0 Å². The van der Waals surface area contributed by atoms with E-state index >= 15 is 0 Å². The Morgan fingerprint density at radius 3 is 2.74 bits per heavy atom. The molecule has 1 amide bonds. The molecule has 1 aliphatic carbocycles. The molecule has 1 saturated carbocycles. The van der Waals surface area contributed by atoms with Crippen molar-refractivity contribution < 1.29 is 13.9 Å². The Morgan fingerprint density at radius 1 is 1.26 bits per heavy atom. The van der Waals surface area contributed by atoms with Crippen LogP contribution in [0.15, 0.2) is 30.3 Å². The van der Waals surface area contributed by atoms with Gasteiger partial charge in [-0.3, -0.25) is 4.79 Å². The maximum absolute atomic E-state index is 14.5. The molecule has 2 atom stereocenters. The van der Waals surface area contributed by atoms with Gasteiger partial charge in [-0.2, -0.15) is 0 Å². The molecule has 1 heterocycles. The fourth-order valence-electron chi connectivity index (χ4n) is 3.23. The van der Waals surface area contributed by atoms with Crippen molar-refractivity contribution in [2.45, 2.75) is 37.8 Å². The summed E-state index contributed by atoms with van der Waals surface area (Å²) in [4.78, 5) is 16.0. The summed E-state index contributed by atoms with van der Waals surface area (Å²) in [6.07, 6.45) is 3.83. The van der Waals surface area contributed by atoms with E-state index in [1.165, 1.54) is 0 Å². The van der Waals surface area contributed by atoms with E-state index in [9.17, 15) is 9.18 Å². The molecule has 6 N–H and O–H groups in total. The van der Waals surface area contributed by atoms with Gasteiger partial charge in [0.25, 0.3) is 5.91 Å². The van der Waals surface area contributed by atoms with E-state index in [2.05, 4.69) is 15.6 Å². The number of nitrogens with two attached hydrogens (primary N) is 2. The van der Waals surface area contributed by atoms with E-state index in [4.69, 9.17) is 16.2 Å². The minimum absolute atomic E-state index is 0.0335. The summed E-state index contributed by atoms with van der Waals surface area (Å²) in [5, 5.41) is 6.10. The lowest BCUT2D eigenvalue weighted by atomic mass is 9.91. The lowest BCUT2D eigenvalue weighted by molar-refractivity contribution is 0.100. The summed E-state index contributed by atoms with van der Waals surface area (Å²) in [5.41, 5.74) is 12.1. The molecule has 0 radical (unpaired) electrons. The number of carbonyl (C=O) groups is 1. The summed E-state index contributed by atoms with van der Waals surface area (Å²) in [6.45, 7) is 0. The molecule has 1 aromatic heterocycles. The van der Waals surface area contributed by atoms with Crippen molar-refractivity contribution in [2.24, 2.45) is 11.5 Å². The third kappa shape index (κ3) is 4.46. The number of benzene rings is 1. The molecule has 0 bridgehead atoms. The Kier molecular flexibility index (Phi) is 5.75. The Balaban J connectivity index is 1.91. The van der Waals surface area contributed by atoms with E-state index in [-0.39, 0.29) is 29.3 Å². The van der Waals surface area contributed by atoms with Crippen molar-refractivity contribution in [3.8, 4) is 5.75 Å². The standard InChI is InChI=1S/C19H24FN5O2/c1-27-12-6-4-5-11(9-12)23-18-13(17(22)26)10-14(20)19(25-18)24-16-8-3-2-7-15(16)21/h4-6,9-10,15-16H,2-3,7-8,21H2,1H3,(H2,22,26)(H2,23,24,25)/t15-,16+/m0/s1. The van der Waals surface area contributed by atoms with Gasteiger partial charge >= 0.3 is 0 Å². The highest BCUT2D eigenvalue weighted by molar-refractivity contribution is 5.98. The van der Waals surface area contributed by atoms with Crippen LogP contribution >= 0.6 is 0 Å². The number of methoxy groups -OCH3 is 1. The monoisotopic (exact) mass is 373 g/mol. The third-order valence-corrected chi connectivity index (χ3v) is 4.72. The first-order valence-corrected chi connectivity index (χ1v) is 8.91. The number of hydrogen-bond acceptors (Lipinski definition) is 6. The Hall–Kier alpha value is -2.87. The third-order valence-electron chi connectivity index (χ3n) is 4.72. The van der Waals surface area contributed by atoms with Crippen molar-refractivity contribution >= 4 is 23.2 Å². The predicted octanol–water partition coefficient (Wildman–Crippen LogP) is 2.75. The van der Waals surface area contributed by atoms with Crippen LogP contribution in [0.1, 0.15) is 36.0 Å². The van der Waals surface area contributed by atoms with Gasteiger partial charge in [-0.05, 0) is 31.0 Å². The molecule has 1 aromatic carbocycles. The number of ether oxygens (including phenoxy) is 1. The number of nitrogens with zero attached hydrogens (tertiary/aromatic N) is 1. The largest absolute Gasteiger partial charge is 0.497 e. The minimum Gasteiger partial charge on any atom is -0.497 e.